The van der Waals surface area contributed by atoms with Gasteiger partial charge in [-0.1, -0.05) is 35.5 Å². The second-order valence-corrected chi connectivity index (χ2v) is 7.59. The minimum Gasteiger partial charge on any atom is -0.427 e. The number of rotatable bonds is 4. The van der Waals surface area contributed by atoms with Gasteiger partial charge in [0.25, 0.3) is 0 Å². The van der Waals surface area contributed by atoms with E-state index in [0.29, 0.717) is 17.9 Å². The average Bonchev–Trinajstić information content (AvgIpc) is 3.26. The number of fused-ring (bicyclic) bond motifs is 1. The molecule has 0 aliphatic carbocycles. The highest BCUT2D eigenvalue weighted by Crippen LogP contribution is 2.27. The molecule has 0 aliphatic heterocycles. The Morgan fingerprint density at radius 2 is 1.86 bits per heavy atom. The molecule has 8 heteroatoms. The maximum atomic E-state index is 12.1. The van der Waals surface area contributed by atoms with Crippen LogP contribution in [0, 0.1) is 0 Å². The van der Waals surface area contributed by atoms with Crippen LogP contribution in [0.3, 0.4) is 0 Å². The van der Waals surface area contributed by atoms with Crippen molar-refractivity contribution in [1.29, 1.82) is 0 Å². The van der Waals surface area contributed by atoms with Gasteiger partial charge in [0.05, 0.1) is 18.9 Å². The van der Waals surface area contributed by atoms with Crippen LogP contribution < -0.4 is 4.84 Å². The van der Waals surface area contributed by atoms with Gasteiger partial charge in [0.15, 0.2) is 5.65 Å². The highest BCUT2D eigenvalue weighted by molar-refractivity contribution is 5.92. The summed E-state index contributed by atoms with van der Waals surface area (Å²) in [6, 6.07) is 13.7. The van der Waals surface area contributed by atoms with Crippen LogP contribution in [0.4, 0.5) is 4.79 Å². The van der Waals surface area contributed by atoms with Crippen molar-refractivity contribution in [2.45, 2.75) is 32.9 Å². The second-order valence-electron chi connectivity index (χ2n) is 7.59. The van der Waals surface area contributed by atoms with Crippen molar-refractivity contribution in [2.75, 3.05) is 0 Å². The molecule has 0 aliphatic rings. The number of aromatic nitrogens is 5. The summed E-state index contributed by atoms with van der Waals surface area (Å²) in [5, 5.41) is 9.30. The first-order chi connectivity index (χ1) is 13.9. The lowest BCUT2D eigenvalue weighted by molar-refractivity contribution is -0.00894. The highest BCUT2D eigenvalue weighted by atomic mass is 16.8. The van der Waals surface area contributed by atoms with Crippen LogP contribution in [-0.2, 0) is 11.3 Å². The molecule has 0 atom stereocenters. The Hall–Kier alpha value is -3.68. The van der Waals surface area contributed by atoms with Crippen molar-refractivity contribution in [1.82, 2.24) is 24.7 Å². The molecular weight excluding hydrogens is 370 g/mol. The quantitative estimate of drug-likeness (QED) is 0.493. The smallest absolute Gasteiger partial charge is 0.427 e. The standard InChI is InChI=1S/C21H21N5O3/c1-21(2,3)28-20(27)29-26-13-17(16-10-7-11-22-19(16)26)18-14-25(24-23-18)12-15-8-5-4-6-9-15/h4-11,13-14H,12H2,1-3H3. The van der Waals surface area contributed by atoms with E-state index in [0.717, 1.165) is 16.5 Å². The highest BCUT2D eigenvalue weighted by Gasteiger charge is 2.21. The number of hydrogen-bond acceptors (Lipinski definition) is 6. The molecule has 1 aromatic carbocycles. The van der Waals surface area contributed by atoms with Gasteiger partial charge in [-0.05, 0) is 38.5 Å². The van der Waals surface area contributed by atoms with E-state index < -0.39 is 11.8 Å². The minimum absolute atomic E-state index is 0.492. The maximum absolute atomic E-state index is 12.1. The molecule has 0 saturated carbocycles. The Balaban J connectivity index is 1.64. The Kier molecular flexibility index (Phi) is 4.75. The van der Waals surface area contributed by atoms with E-state index in [4.69, 9.17) is 9.57 Å². The number of ether oxygens (including phenoxy) is 1. The molecule has 0 radical (unpaired) electrons. The van der Waals surface area contributed by atoms with E-state index in [9.17, 15) is 4.79 Å². The summed E-state index contributed by atoms with van der Waals surface area (Å²) in [6.07, 6.45) is 4.34. The van der Waals surface area contributed by atoms with Crippen LogP contribution in [-0.4, -0.2) is 36.5 Å². The van der Waals surface area contributed by atoms with Crippen LogP contribution in [0.15, 0.2) is 61.1 Å². The zero-order chi connectivity index (χ0) is 20.4. The van der Waals surface area contributed by atoms with E-state index in [1.807, 2.05) is 48.7 Å². The van der Waals surface area contributed by atoms with E-state index in [1.165, 1.54) is 4.73 Å². The molecule has 4 rings (SSSR count). The van der Waals surface area contributed by atoms with Gasteiger partial charge in [-0.3, -0.25) is 4.84 Å². The number of benzene rings is 1. The normalized spacial score (nSPS) is 11.6. The van der Waals surface area contributed by atoms with Crippen molar-refractivity contribution in [2.24, 2.45) is 0 Å². The molecule has 0 fully saturated rings. The number of nitrogens with zero attached hydrogens (tertiary/aromatic N) is 5. The molecule has 0 saturated heterocycles. The third-order valence-corrected chi connectivity index (χ3v) is 4.10. The van der Waals surface area contributed by atoms with Crippen LogP contribution in [0.2, 0.25) is 0 Å². The van der Waals surface area contributed by atoms with Gasteiger partial charge in [-0.15, -0.1) is 5.10 Å². The first kappa shape index (κ1) is 18.7. The van der Waals surface area contributed by atoms with Crippen molar-refractivity contribution in [3.63, 3.8) is 0 Å². The molecule has 3 heterocycles. The number of carbonyl (C=O) groups is 1. The van der Waals surface area contributed by atoms with Gasteiger partial charge in [0.2, 0.25) is 0 Å². The molecule has 4 aromatic rings. The van der Waals surface area contributed by atoms with Gasteiger partial charge < -0.3 is 4.74 Å². The summed E-state index contributed by atoms with van der Waals surface area (Å²) in [4.78, 5) is 21.8. The lowest BCUT2D eigenvalue weighted by Crippen LogP contribution is -2.29. The van der Waals surface area contributed by atoms with Crippen molar-refractivity contribution < 1.29 is 14.4 Å². The van der Waals surface area contributed by atoms with Crippen molar-refractivity contribution in [3.8, 4) is 11.3 Å². The molecular formula is C21H21N5O3. The monoisotopic (exact) mass is 391 g/mol. The fourth-order valence-corrected chi connectivity index (χ4v) is 2.92. The third-order valence-electron chi connectivity index (χ3n) is 4.10. The van der Waals surface area contributed by atoms with Crippen LogP contribution >= 0.6 is 0 Å². The molecule has 0 spiro atoms. The Labute approximate surface area is 167 Å². The largest absolute Gasteiger partial charge is 0.534 e. The third kappa shape index (κ3) is 4.26. The summed E-state index contributed by atoms with van der Waals surface area (Å²) in [5.74, 6) is 0. The lowest BCUT2D eigenvalue weighted by Gasteiger charge is -2.18. The van der Waals surface area contributed by atoms with Crippen LogP contribution in [0.25, 0.3) is 22.3 Å². The van der Waals surface area contributed by atoms with Crippen LogP contribution in [0.5, 0.6) is 0 Å². The van der Waals surface area contributed by atoms with Crippen LogP contribution in [0.1, 0.15) is 26.3 Å². The summed E-state index contributed by atoms with van der Waals surface area (Å²) < 4.78 is 8.30. The second kappa shape index (κ2) is 7.38. The SMILES string of the molecule is CC(C)(C)OC(=O)On1cc(-c2cn(Cc3ccccc3)nn2)c2cccnc21. The summed E-state index contributed by atoms with van der Waals surface area (Å²) in [5.41, 5.74) is 2.38. The fraction of sp³-hybridized carbons (Fsp3) is 0.238. The van der Waals surface area contributed by atoms with E-state index in [2.05, 4.69) is 15.3 Å². The van der Waals surface area contributed by atoms with E-state index >= 15 is 0 Å². The molecule has 29 heavy (non-hydrogen) atoms. The molecule has 0 N–H and O–H groups in total. The first-order valence-electron chi connectivity index (χ1n) is 9.21. The van der Waals surface area contributed by atoms with Gasteiger partial charge in [-0.2, -0.15) is 4.73 Å². The average molecular weight is 391 g/mol. The summed E-state index contributed by atoms with van der Waals surface area (Å²) >= 11 is 0. The summed E-state index contributed by atoms with van der Waals surface area (Å²) in [6.45, 7) is 5.93. The number of carbonyl (C=O) groups excluding carboxylic acids is 1. The predicted molar refractivity (Wildman–Crippen MR) is 107 cm³/mol. The van der Waals surface area contributed by atoms with E-state index in [1.54, 1.807) is 37.8 Å². The molecule has 0 unspecified atom stereocenters. The minimum atomic E-state index is -0.806. The van der Waals surface area contributed by atoms with Crippen molar-refractivity contribution >= 4 is 17.2 Å². The topological polar surface area (TPSA) is 84.1 Å². The molecule has 148 valence electrons. The number of hydrogen-bond donors (Lipinski definition) is 0. The Bertz CT molecular complexity index is 1140. The number of pyridine rings is 1. The summed E-state index contributed by atoms with van der Waals surface area (Å²) in [7, 11) is 0. The lowest BCUT2D eigenvalue weighted by atomic mass is 10.2. The zero-order valence-electron chi connectivity index (χ0n) is 16.4. The molecule has 8 nitrogen and oxygen atoms in total. The molecule has 0 bridgehead atoms. The Morgan fingerprint density at radius 3 is 2.62 bits per heavy atom. The molecule has 0 amide bonds. The van der Waals surface area contributed by atoms with Gasteiger partial charge in [0, 0.05) is 17.1 Å². The fourth-order valence-electron chi connectivity index (χ4n) is 2.92. The maximum Gasteiger partial charge on any atom is 0.534 e. The molecule has 3 aromatic heterocycles. The van der Waals surface area contributed by atoms with Crippen molar-refractivity contribution in [3.05, 3.63) is 66.6 Å². The van der Waals surface area contributed by atoms with Gasteiger partial charge in [-0.25, -0.2) is 14.5 Å². The predicted octanol–water partition coefficient (Wildman–Crippen LogP) is 3.71. The zero-order valence-corrected chi connectivity index (χ0v) is 16.4. The van der Waals surface area contributed by atoms with Gasteiger partial charge in [0.1, 0.15) is 11.3 Å². The Morgan fingerprint density at radius 1 is 1.07 bits per heavy atom. The van der Waals surface area contributed by atoms with Gasteiger partial charge >= 0.3 is 6.16 Å². The van der Waals surface area contributed by atoms with E-state index in [-0.39, 0.29) is 0 Å². The first-order valence-corrected chi connectivity index (χ1v) is 9.21.